The molecule has 1 atom stereocenters. The average molecular weight is 324 g/mol. The van der Waals surface area contributed by atoms with Crippen molar-refractivity contribution in [2.45, 2.75) is 32.2 Å². The molecular formula is C19H24N4O. The van der Waals surface area contributed by atoms with Crippen molar-refractivity contribution in [1.82, 2.24) is 10.3 Å². The Morgan fingerprint density at radius 1 is 1.17 bits per heavy atom. The molecule has 2 amide bonds. The highest BCUT2D eigenvalue weighted by atomic mass is 16.2. The first kappa shape index (κ1) is 16.5. The van der Waals surface area contributed by atoms with E-state index in [0.717, 1.165) is 49.4 Å². The minimum absolute atomic E-state index is 0.0984. The third kappa shape index (κ3) is 4.11. The van der Waals surface area contributed by atoms with Gasteiger partial charge in [0.25, 0.3) is 0 Å². The lowest BCUT2D eigenvalue weighted by Crippen LogP contribution is -2.43. The third-order valence-electron chi connectivity index (χ3n) is 4.33. The standard InChI is InChI=1S/C19H24N4O/c1-15-9-10-16(14-21-15)22-19(24)23(17-6-3-2-4-7-17)18-8-5-12-20-13-11-18/h2-4,6-7,9-10,14,18,20H,5,8,11-13H2,1H3,(H,22,24). The Morgan fingerprint density at radius 3 is 2.75 bits per heavy atom. The zero-order valence-corrected chi connectivity index (χ0v) is 14.0. The molecule has 1 aromatic carbocycles. The summed E-state index contributed by atoms with van der Waals surface area (Å²) < 4.78 is 0. The number of urea groups is 1. The molecule has 24 heavy (non-hydrogen) atoms. The van der Waals surface area contributed by atoms with E-state index in [1.54, 1.807) is 6.20 Å². The van der Waals surface area contributed by atoms with Crippen molar-refractivity contribution in [2.75, 3.05) is 23.3 Å². The van der Waals surface area contributed by atoms with Crippen molar-refractivity contribution < 1.29 is 4.79 Å². The molecule has 5 nitrogen and oxygen atoms in total. The van der Waals surface area contributed by atoms with Crippen LogP contribution >= 0.6 is 0 Å². The lowest BCUT2D eigenvalue weighted by Gasteiger charge is -2.31. The molecule has 1 unspecified atom stereocenters. The molecule has 1 aliphatic heterocycles. The molecule has 126 valence electrons. The number of hydrogen-bond donors (Lipinski definition) is 2. The summed E-state index contributed by atoms with van der Waals surface area (Å²) in [5.41, 5.74) is 2.59. The zero-order valence-electron chi connectivity index (χ0n) is 14.0. The zero-order chi connectivity index (χ0) is 16.8. The fourth-order valence-corrected chi connectivity index (χ4v) is 3.07. The number of para-hydroxylation sites is 1. The summed E-state index contributed by atoms with van der Waals surface area (Å²) in [4.78, 5) is 19.1. The number of nitrogens with one attached hydrogen (secondary N) is 2. The molecule has 0 bridgehead atoms. The van der Waals surface area contributed by atoms with Gasteiger partial charge in [0, 0.05) is 17.4 Å². The number of anilines is 2. The second kappa shape index (κ2) is 7.93. The topological polar surface area (TPSA) is 57.3 Å². The van der Waals surface area contributed by atoms with Crippen LogP contribution in [0.1, 0.15) is 25.0 Å². The molecule has 2 aromatic rings. The van der Waals surface area contributed by atoms with Gasteiger partial charge >= 0.3 is 6.03 Å². The number of hydrogen-bond acceptors (Lipinski definition) is 3. The molecule has 2 heterocycles. The molecule has 1 fully saturated rings. The Kier molecular flexibility index (Phi) is 5.43. The van der Waals surface area contributed by atoms with E-state index >= 15 is 0 Å². The SMILES string of the molecule is Cc1ccc(NC(=O)N(c2ccccc2)C2CCCNCC2)cn1. The first-order valence-electron chi connectivity index (χ1n) is 8.52. The summed E-state index contributed by atoms with van der Waals surface area (Å²) in [6.45, 7) is 3.89. The van der Waals surface area contributed by atoms with Gasteiger partial charge in [0.05, 0.1) is 11.9 Å². The van der Waals surface area contributed by atoms with Crippen LogP contribution in [0.2, 0.25) is 0 Å². The van der Waals surface area contributed by atoms with E-state index in [1.807, 2.05) is 54.3 Å². The number of rotatable bonds is 3. The summed E-state index contributed by atoms with van der Waals surface area (Å²) >= 11 is 0. The number of carbonyl (C=O) groups excluding carboxylic acids is 1. The first-order chi connectivity index (χ1) is 11.7. The van der Waals surface area contributed by atoms with Crippen LogP contribution in [0.5, 0.6) is 0 Å². The van der Waals surface area contributed by atoms with Crippen molar-refractivity contribution in [2.24, 2.45) is 0 Å². The van der Waals surface area contributed by atoms with Gasteiger partial charge in [-0.25, -0.2) is 4.79 Å². The number of benzene rings is 1. The van der Waals surface area contributed by atoms with Crippen LogP contribution in [0.4, 0.5) is 16.2 Å². The van der Waals surface area contributed by atoms with E-state index in [1.165, 1.54) is 0 Å². The van der Waals surface area contributed by atoms with Crippen LogP contribution in [0.15, 0.2) is 48.7 Å². The summed E-state index contributed by atoms with van der Waals surface area (Å²) in [5, 5.41) is 6.40. The van der Waals surface area contributed by atoms with Gasteiger partial charge in [-0.3, -0.25) is 9.88 Å². The number of carbonyl (C=O) groups is 1. The second-order valence-electron chi connectivity index (χ2n) is 6.16. The Labute approximate surface area is 143 Å². The van der Waals surface area contributed by atoms with Gasteiger partial charge in [-0.1, -0.05) is 18.2 Å². The molecular weight excluding hydrogens is 300 g/mol. The fraction of sp³-hybridized carbons (Fsp3) is 0.368. The molecule has 0 spiro atoms. The highest BCUT2D eigenvalue weighted by molar-refractivity contribution is 6.02. The summed E-state index contributed by atoms with van der Waals surface area (Å²) in [6, 6.07) is 13.8. The molecule has 0 saturated carbocycles. The predicted molar refractivity (Wildman–Crippen MR) is 97.4 cm³/mol. The van der Waals surface area contributed by atoms with Gasteiger partial charge in [0.15, 0.2) is 0 Å². The molecule has 0 aliphatic carbocycles. The van der Waals surface area contributed by atoms with Crippen LogP contribution in [-0.4, -0.2) is 30.1 Å². The molecule has 0 radical (unpaired) electrons. The van der Waals surface area contributed by atoms with Crippen LogP contribution in [0, 0.1) is 6.92 Å². The van der Waals surface area contributed by atoms with Gasteiger partial charge in [-0.2, -0.15) is 0 Å². The van der Waals surface area contributed by atoms with E-state index < -0.39 is 0 Å². The van der Waals surface area contributed by atoms with E-state index in [2.05, 4.69) is 15.6 Å². The van der Waals surface area contributed by atoms with E-state index in [-0.39, 0.29) is 12.1 Å². The monoisotopic (exact) mass is 324 g/mol. The molecule has 2 N–H and O–H groups in total. The Bertz CT molecular complexity index is 649. The predicted octanol–water partition coefficient (Wildman–Crippen LogP) is 3.57. The van der Waals surface area contributed by atoms with Gasteiger partial charge in [-0.15, -0.1) is 0 Å². The van der Waals surface area contributed by atoms with Crippen LogP contribution in [-0.2, 0) is 0 Å². The smallest absolute Gasteiger partial charge is 0.317 e. The molecule has 5 heteroatoms. The maximum Gasteiger partial charge on any atom is 0.326 e. The Hall–Kier alpha value is -2.40. The Balaban J connectivity index is 1.82. The van der Waals surface area contributed by atoms with Crippen LogP contribution in [0.25, 0.3) is 0 Å². The number of amides is 2. The maximum atomic E-state index is 13.0. The third-order valence-corrected chi connectivity index (χ3v) is 4.33. The number of pyridine rings is 1. The average Bonchev–Trinajstić information content (AvgIpc) is 2.87. The number of nitrogens with zero attached hydrogens (tertiary/aromatic N) is 2. The van der Waals surface area contributed by atoms with Crippen molar-refractivity contribution >= 4 is 17.4 Å². The summed E-state index contributed by atoms with van der Waals surface area (Å²) in [6.07, 6.45) is 4.73. The highest BCUT2D eigenvalue weighted by Gasteiger charge is 2.26. The van der Waals surface area contributed by atoms with Crippen molar-refractivity contribution in [3.05, 3.63) is 54.4 Å². The fourth-order valence-electron chi connectivity index (χ4n) is 3.07. The largest absolute Gasteiger partial charge is 0.326 e. The normalized spacial score (nSPS) is 17.8. The number of aromatic nitrogens is 1. The lowest BCUT2D eigenvalue weighted by atomic mass is 10.1. The quantitative estimate of drug-likeness (QED) is 0.907. The van der Waals surface area contributed by atoms with Gasteiger partial charge in [-0.05, 0) is 63.5 Å². The summed E-state index contributed by atoms with van der Waals surface area (Å²) in [7, 11) is 0. The van der Waals surface area contributed by atoms with Crippen molar-refractivity contribution in [3.63, 3.8) is 0 Å². The van der Waals surface area contributed by atoms with Gasteiger partial charge in [0.2, 0.25) is 0 Å². The molecule has 3 rings (SSSR count). The Morgan fingerprint density at radius 2 is 2.00 bits per heavy atom. The minimum Gasteiger partial charge on any atom is -0.317 e. The number of aryl methyl sites for hydroxylation is 1. The first-order valence-corrected chi connectivity index (χ1v) is 8.52. The van der Waals surface area contributed by atoms with E-state index in [9.17, 15) is 4.79 Å². The van der Waals surface area contributed by atoms with Crippen molar-refractivity contribution in [3.8, 4) is 0 Å². The van der Waals surface area contributed by atoms with E-state index in [0.29, 0.717) is 0 Å². The van der Waals surface area contributed by atoms with Crippen molar-refractivity contribution in [1.29, 1.82) is 0 Å². The highest BCUT2D eigenvalue weighted by Crippen LogP contribution is 2.23. The second-order valence-corrected chi connectivity index (χ2v) is 6.16. The van der Waals surface area contributed by atoms with E-state index in [4.69, 9.17) is 0 Å². The molecule has 1 saturated heterocycles. The molecule has 1 aliphatic rings. The maximum absolute atomic E-state index is 13.0. The molecule has 1 aromatic heterocycles. The van der Waals surface area contributed by atoms with Crippen LogP contribution in [0.3, 0.4) is 0 Å². The summed E-state index contributed by atoms with van der Waals surface area (Å²) in [5.74, 6) is 0. The van der Waals surface area contributed by atoms with Gasteiger partial charge < -0.3 is 10.6 Å². The van der Waals surface area contributed by atoms with Crippen LogP contribution < -0.4 is 15.5 Å². The van der Waals surface area contributed by atoms with Gasteiger partial charge in [0.1, 0.15) is 0 Å². The lowest BCUT2D eigenvalue weighted by molar-refractivity contribution is 0.254. The minimum atomic E-state index is -0.0984.